The number of nitro groups is 1. The maximum absolute atomic E-state index is 11.3. The molecule has 116 valence electrons. The molecule has 1 atom stereocenters. The molecule has 0 bridgehead atoms. The van der Waals surface area contributed by atoms with Crippen LogP contribution in [0.4, 0.5) is 11.4 Å². The molecule has 0 aliphatic rings. The number of benzene rings is 1. The lowest BCUT2D eigenvalue weighted by Gasteiger charge is -2.27. The summed E-state index contributed by atoms with van der Waals surface area (Å²) in [6.45, 7) is 4.61. The zero-order valence-corrected chi connectivity index (χ0v) is 12.7. The van der Waals surface area contributed by atoms with Gasteiger partial charge in [0.2, 0.25) is 0 Å². The first-order valence-corrected chi connectivity index (χ1v) is 6.66. The summed E-state index contributed by atoms with van der Waals surface area (Å²) in [4.78, 5) is 23.8. The molecule has 21 heavy (non-hydrogen) atoms. The molecular weight excluding hydrogens is 274 g/mol. The number of carboxylic acid groups (broad SMARTS) is 1. The van der Waals surface area contributed by atoms with Gasteiger partial charge in [0.1, 0.15) is 5.69 Å². The highest BCUT2D eigenvalue weighted by atomic mass is 16.6. The minimum Gasteiger partial charge on any atom is -0.478 e. The van der Waals surface area contributed by atoms with E-state index in [0.717, 1.165) is 0 Å². The summed E-state index contributed by atoms with van der Waals surface area (Å²) < 4.78 is 0. The van der Waals surface area contributed by atoms with Gasteiger partial charge in [-0.15, -0.1) is 0 Å². The summed E-state index contributed by atoms with van der Waals surface area (Å²) in [5.74, 6) is -0.998. The molecule has 0 spiro atoms. The smallest absolute Gasteiger partial charge is 0.338 e. The second-order valence-corrected chi connectivity index (χ2v) is 5.52. The quantitative estimate of drug-likeness (QED) is 0.592. The molecule has 7 heteroatoms. The molecule has 7 nitrogen and oxygen atoms in total. The number of hydrogen-bond acceptors (Lipinski definition) is 5. The summed E-state index contributed by atoms with van der Waals surface area (Å²) >= 11 is 0. The van der Waals surface area contributed by atoms with E-state index >= 15 is 0 Å². The number of likely N-dealkylation sites (N-methyl/N-ethyl adjacent to an activating group) is 1. The summed E-state index contributed by atoms with van der Waals surface area (Å²) in [5, 5.41) is 23.4. The molecule has 0 aromatic heterocycles. The van der Waals surface area contributed by atoms with E-state index in [1.54, 1.807) is 0 Å². The van der Waals surface area contributed by atoms with Crippen LogP contribution < -0.4 is 5.32 Å². The third-order valence-corrected chi connectivity index (χ3v) is 3.17. The molecule has 1 unspecified atom stereocenters. The van der Waals surface area contributed by atoms with Crippen LogP contribution in [0.5, 0.6) is 0 Å². The van der Waals surface area contributed by atoms with Gasteiger partial charge in [0.05, 0.1) is 10.5 Å². The van der Waals surface area contributed by atoms with Crippen molar-refractivity contribution in [2.24, 2.45) is 5.92 Å². The summed E-state index contributed by atoms with van der Waals surface area (Å²) in [6.07, 6.45) is 0. The molecule has 0 amide bonds. The second-order valence-electron chi connectivity index (χ2n) is 5.52. The number of nitro benzene ring substituents is 1. The van der Waals surface area contributed by atoms with Crippen molar-refractivity contribution in [1.82, 2.24) is 4.90 Å². The molecular formula is C14H21N3O4. The van der Waals surface area contributed by atoms with Gasteiger partial charge in [-0.05, 0) is 26.1 Å². The molecule has 1 aromatic rings. The Morgan fingerprint density at radius 3 is 2.48 bits per heavy atom. The van der Waals surface area contributed by atoms with Crippen molar-refractivity contribution in [3.63, 3.8) is 0 Å². The minimum absolute atomic E-state index is 0.0653. The first-order valence-electron chi connectivity index (χ1n) is 6.66. The van der Waals surface area contributed by atoms with Crippen LogP contribution in [0.1, 0.15) is 24.2 Å². The highest BCUT2D eigenvalue weighted by Gasteiger charge is 2.25. The van der Waals surface area contributed by atoms with Gasteiger partial charge in [0.25, 0.3) is 5.69 Å². The Kier molecular flexibility index (Phi) is 5.66. The number of carboxylic acids is 1. The lowest BCUT2D eigenvalue weighted by Crippen LogP contribution is -2.37. The summed E-state index contributed by atoms with van der Waals surface area (Å²) in [5.41, 5.74) is -0.247. The fourth-order valence-corrected chi connectivity index (χ4v) is 2.02. The number of nitrogens with zero attached hydrogens (tertiary/aromatic N) is 2. The highest BCUT2D eigenvalue weighted by Crippen LogP contribution is 2.30. The maximum atomic E-state index is 11.3. The van der Waals surface area contributed by atoms with Crippen molar-refractivity contribution in [3.8, 4) is 0 Å². The number of rotatable bonds is 7. The van der Waals surface area contributed by atoms with Crippen molar-refractivity contribution in [2.75, 3.05) is 26.0 Å². The summed E-state index contributed by atoms with van der Waals surface area (Å²) in [6, 6.07) is 3.95. The number of nitrogens with one attached hydrogen (secondary N) is 1. The molecule has 2 N–H and O–H groups in total. The number of carbonyl (C=O) groups is 1. The Morgan fingerprint density at radius 2 is 2.05 bits per heavy atom. The maximum Gasteiger partial charge on any atom is 0.338 e. The van der Waals surface area contributed by atoms with E-state index in [-0.39, 0.29) is 28.9 Å². The predicted molar refractivity (Wildman–Crippen MR) is 80.9 cm³/mol. The van der Waals surface area contributed by atoms with Gasteiger partial charge in [-0.1, -0.05) is 19.9 Å². The highest BCUT2D eigenvalue weighted by molar-refractivity contribution is 5.96. The van der Waals surface area contributed by atoms with E-state index in [0.29, 0.717) is 6.54 Å². The molecule has 0 aliphatic heterocycles. The Morgan fingerprint density at radius 1 is 1.43 bits per heavy atom. The second kappa shape index (κ2) is 7.03. The van der Waals surface area contributed by atoms with Crippen LogP contribution in [0.15, 0.2) is 18.2 Å². The standard InChI is InChI=1S/C14H21N3O4/c1-9(2)11(8-16(3)4)15-13-10(14(18)19)6-5-7-12(13)17(20)21/h5-7,9,11,15H,8H2,1-4H3,(H,18,19). The van der Waals surface area contributed by atoms with Crippen LogP contribution in [-0.4, -0.2) is 47.6 Å². The molecule has 1 aromatic carbocycles. The SMILES string of the molecule is CC(C)C(CN(C)C)Nc1c(C(=O)O)cccc1[N+](=O)[O-]. The fourth-order valence-electron chi connectivity index (χ4n) is 2.02. The van der Waals surface area contributed by atoms with Crippen LogP contribution in [0, 0.1) is 16.0 Å². The molecule has 0 heterocycles. The number of para-hydroxylation sites is 1. The topological polar surface area (TPSA) is 95.7 Å². The fraction of sp³-hybridized carbons (Fsp3) is 0.500. The minimum atomic E-state index is -1.19. The van der Waals surface area contributed by atoms with E-state index in [1.165, 1.54) is 18.2 Å². The van der Waals surface area contributed by atoms with Gasteiger partial charge in [-0.2, -0.15) is 0 Å². The Hall–Kier alpha value is -2.15. The van der Waals surface area contributed by atoms with Gasteiger partial charge >= 0.3 is 5.97 Å². The lowest BCUT2D eigenvalue weighted by molar-refractivity contribution is -0.384. The van der Waals surface area contributed by atoms with Gasteiger partial charge in [0.15, 0.2) is 0 Å². The molecule has 0 fully saturated rings. The number of anilines is 1. The van der Waals surface area contributed by atoms with Crippen molar-refractivity contribution in [2.45, 2.75) is 19.9 Å². The van der Waals surface area contributed by atoms with Crippen LogP contribution in [0.3, 0.4) is 0 Å². The molecule has 0 radical (unpaired) electrons. The number of hydrogen-bond donors (Lipinski definition) is 2. The monoisotopic (exact) mass is 295 g/mol. The van der Waals surface area contributed by atoms with E-state index in [1.807, 2.05) is 32.8 Å². The first kappa shape index (κ1) is 16.9. The number of aromatic carboxylic acids is 1. The Labute approximate surface area is 123 Å². The van der Waals surface area contributed by atoms with Crippen LogP contribution in [0.2, 0.25) is 0 Å². The van der Waals surface area contributed by atoms with E-state index < -0.39 is 10.9 Å². The normalized spacial score (nSPS) is 12.5. The van der Waals surface area contributed by atoms with Gasteiger partial charge in [-0.25, -0.2) is 4.79 Å². The third-order valence-electron chi connectivity index (χ3n) is 3.17. The van der Waals surface area contributed by atoms with E-state index in [9.17, 15) is 20.0 Å². The van der Waals surface area contributed by atoms with Crippen molar-refractivity contribution < 1.29 is 14.8 Å². The molecule has 0 saturated heterocycles. The van der Waals surface area contributed by atoms with E-state index in [4.69, 9.17) is 0 Å². The van der Waals surface area contributed by atoms with E-state index in [2.05, 4.69) is 5.32 Å². The van der Waals surface area contributed by atoms with Gasteiger partial charge in [0, 0.05) is 18.7 Å². The van der Waals surface area contributed by atoms with Crippen molar-refractivity contribution in [1.29, 1.82) is 0 Å². The summed E-state index contributed by atoms with van der Waals surface area (Å²) in [7, 11) is 3.79. The molecule has 0 aliphatic carbocycles. The van der Waals surface area contributed by atoms with Crippen LogP contribution >= 0.6 is 0 Å². The Bertz CT molecular complexity index is 497. The van der Waals surface area contributed by atoms with Crippen LogP contribution in [0.25, 0.3) is 0 Å². The molecule has 0 saturated carbocycles. The Balaban J connectivity index is 3.25. The average Bonchev–Trinajstić information content (AvgIpc) is 2.36. The lowest BCUT2D eigenvalue weighted by atomic mass is 10.0. The van der Waals surface area contributed by atoms with Gasteiger partial charge < -0.3 is 15.3 Å². The van der Waals surface area contributed by atoms with Crippen molar-refractivity contribution >= 4 is 17.3 Å². The van der Waals surface area contributed by atoms with Crippen LogP contribution in [-0.2, 0) is 0 Å². The molecule has 1 rings (SSSR count). The predicted octanol–water partition coefficient (Wildman–Crippen LogP) is 2.29. The van der Waals surface area contributed by atoms with Gasteiger partial charge in [-0.3, -0.25) is 10.1 Å². The van der Waals surface area contributed by atoms with Crippen molar-refractivity contribution in [3.05, 3.63) is 33.9 Å². The first-order chi connectivity index (χ1) is 9.73. The third kappa shape index (κ3) is 4.42. The average molecular weight is 295 g/mol. The zero-order chi connectivity index (χ0) is 16.2. The largest absolute Gasteiger partial charge is 0.478 e. The zero-order valence-electron chi connectivity index (χ0n) is 12.7.